The molecule has 40 heavy (non-hydrogen) atoms. The highest BCUT2D eigenvalue weighted by molar-refractivity contribution is 6.00. The number of pyridine rings is 1. The number of nitrogens with zero attached hydrogens (tertiary/aromatic N) is 1. The van der Waals surface area contributed by atoms with Crippen LogP contribution in [0.5, 0.6) is 5.75 Å². The first-order chi connectivity index (χ1) is 19.5. The highest BCUT2D eigenvalue weighted by Gasteiger charge is 2.25. The van der Waals surface area contributed by atoms with Crippen molar-refractivity contribution in [3.05, 3.63) is 95.1 Å². The van der Waals surface area contributed by atoms with Gasteiger partial charge < -0.3 is 14.2 Å². The van der Waals surface area contributed by atoms with Crippen molar-refractivity contribution in [2.45, 2.75) is 58.5 Å². The summed E-state index contributed by atoms with van der Waals surface area (Å²) in [5.41, 5.74) is 5.64. The number of rotatable bonds is 10. The van der Waals surface area contributed by atoms with Gasteiger partial charge in [0.1, 0.15) is 18.2 Å². The monoisotopic (exact) mass is 541 g/mol. The van der Waals surface area contributed by atoms with Crippen LogP contribution >= 0.6 is 0 Å². The Labute approximate surface area is 235 Å². The van der Waals surface area contributed by atoms with Crippen LogP contribution in [-0.4, -0.2) is 30.8 Å². The number of aryl methyl sites for hydroxylation is 2. The molecule has 0 unspecified atom stereocenters. The smallest absolute Gasteiger partial charge is 0.305 e. The van der Waals surface area contributed by atoms with Gasteiger partial charge in [-0.1, -0.05) is 36.4 Å². The second kappa shape index (κ2) is 13.1. The van der Waals surface area contributed by atoms with Crippen LogP contribution in [0, 0.1) is 12.7 Å². The highest BCUT2D eigenvalue weighted by Crippen LogP contribution is 2.41. The van der Waals surface area contributed by atoms with E-state index in [1.807, 2.05) is 55.5 Å². The predicted molar refractivity (Wildman–Crippen MR) is 155 cm³/mol. The van der Waals surface area contributed by atoms with Crippen LogP contribution in [0.15, 0.2) is 66.7 Å². The molecule has 0 saturated carbocycles. The summed E-state index contributed by atoms with van der Waals surface area (Å²) >= 11 is 0. The Morgan fingerprint density at radius 3 is 2.58 bits per heavy atom. The van der Waals surface area contributed by atoms with E-state index < -0.39 is 0 Å². The SMILES string of the molecule is CCOC(=O)CCCc1nc(C2CCOCC2)c(-c2ccc(F)c(C)c2)c2ccc(OCc3ccccc3)cc12. The molecule has 1 saturated heterocycles. The number of ether oxygens (including phenoxy) is 3. The van der Waals surface area contributed by atoms with Gasteiger partial charge in [0.2, 0.25) is 0 Å². The van der Waals surface area contributed by atoms with Crippen LogP contribution in [-0.2, 0) is 27.3 Å². The van der Waals surface area contributed by atoms with E-state index in [1.165, 1.54) is 6.07 Å². The molecular formula is C34H36FNO4. The minimum atomic E-state index is -0.221. The first-order valence-corrected chi connectivity index (χ1v) is 14.2. The van der Waals surface area contributed by atoms with Gasteiger partial charge in [-0.2, -0.15) is 0 Å². The summed E-state index contributed by atoms with van der Waals surface area (Å²) in [6, 6.07) is 21.5. The quantitative estimate of drug-likeness (QED) is 0.193. The van der Waals surface area contributed by atoms with Crippen LogP contribution in [0.4, 0.5) is 4.39 Å². The van der Waals surface area contributed by atoms with Crippen LogP contribution < -0.4 is 4.74 Å². The van der Waals surface area contributed by atoms with E-state index in [1.54, 1.807) is 6.92 Å². The average molecular weight is 542 g/mol. The van der Waals surface area contributed by atoms with Crippen molar-refractivity contribution in [2.24, 2.45) is 0 Å². The fraction of sp³-hybridized carbons (Fsp3) is 0.353. The first kappa shape index (κ1) is 27.8. The normalized spacial score (nSPS) is 13.9. The average Bonchev–Trinajstić information content (AvgIpc) is 2.98. The fourth-order valence-electron chi connectivity index (χ4n) is 5.40. The van der Waals surface area contributed by atoms with Crippen molar-refractivity contribution < 1.29 is 23.4 Å². The van der Waals surface area contributed by atoms with E-state index in [4.69, 9.17) is 19.2 Å². The Balaban J connectivity index is 1.61. The van der Waals surface area contributed by atoms with Gasteiger partial charge in [0.05, 0.1) is 12.3 Å². The summed E-state index contributed by atoms with van der Waals surface area (Å²) in [5, 5.41) is 2.04. The van der Waals surface area contributed by atoms with Gasteiger partial charge in [-0.05, 0) is 91.9 Å². The number of fused-ring (bicyclic) bond motifs is 1. The van der Waals surface area contributed by atoms with Crippen molar-refractivity contribution in [3.63, 3.8) is 0 Å². The van der Waals surface area contributed by atoms with Crippen LogP contribution in [0.1, 0.15) is 61.0 Å². The number of benzene rings is 3. The summed E-state index contributed by atoms with van der Waals surface area (Å²) in [6.45, 7) is 5.83. The van der Waals surface area contributed by atoms with Crippen molar-refractivity contribution in [1.29, 1.82) is 0 Å². The van der Waals surface area contributed by atoms with Gasteiger partial charge in [-0.3, -0.25) is 9.78 Å². The number of carbonyl (C=O) groups is 1. The van der Waals surface area contributed by atoms with E-state index >= 15 is 0 Å². The molecule has 6 heteroatoms. The lowest BCUT2D eigenvalue weighted by Crippen LogP contribution is -2.17. The molecule has 1 aliphatic heterocycles. The van der Waals surface area contributed by atoms with Gasteiger partial charge in [0.15, 0.2) is 0 Å². The molecule has 3 aromatic carbocycles. The summed E-state index contributed by atoms with van der Waals surface area (Å²) in [7, 11) is 0. The summed E-state index contributed by atoms with van der Waals surface area (Å²) in [4.78, 5) is 17.4. The van der Waals surface area contributed by atoms with E-state index in [0.29, 0.717) is 51.3 Å². The highest BCUT2D eigenvalue weighted by atomic mass is 19.1. The van der Waals surface area contributed by atoms with Gasteiger partial charge in [-0.15, -0.1) is 0 Å². The van der Waals surface area contributed by atoms with Gasteiger partial charge >= 0.3 is 5.97 Å². The zero-order valence-corrected chi connectivity index (χ0v) is 23.3. The molecule has 0 N–H and O–H groups in total. The molecule has 4 aromatic rings. The molecule has 208 valence electrons. The van der Waals surface area contributed by atoms with Crippen LogP contribution in [0.3, 0.4) is 0 Å². The molecule has 1 fully saturated rings. The lowest BCUT2D eigenvalue weighted by atomic mass is 9.86. The largest absolute Gasteiger partial charge is 0.489 e. The topological polar surface area (TPSA) is 57.7 Å². The molecule has 1 aromatic heterocycles. The number of aromatic nitrogens is 1. The minimum absolute atomic E-state index is 0.193. The number of carbonyl (C=O) groups excluding carboxylic acids is 1. The standard InChI is InChI=1S/C34H36FNO4/c1-3-39-32(37)11-7-10-31-29-21-27(40-22-24-8-5-4-6-9-24)13-14-28(29)33(26-12-15-30(35)23(2)20-26)34(36-31)25-16-18-38-19-17-25/h4-6,8-9,12-15,20-21,25H,3,7,10-11,16-19,22H2,1-2H3. The zero-order chi connectivity index (χ0) is 27.9. The van der Waals surface area contributed by atoms with Crippen LogP contribution in [0.25, 0.3) is 21.9 Å². The maximum Gasteiger partial charge on any atom is 0.305 e. The number of esters is 1. The third-order valence-corrected chi connectivity index (χ3v) is 7.49. The van der Waals surface area contributed by atoms with E-state index in [9.17, 15) is 9.18 Å². The molecule has 0 aliphatic carbocycles. The number of hydrogen-bond donors (Lipinski definition) is 0. The second-order valence-electron chi connectivity index (χ2n) is 10.3. The molecule has 0 atom stereocenters. The summed E-state index contributed by atoms with van der Waals surface area (Å²) in [5.74, 6) is 0.573. The van der Waals surface area contributed by atoms with Gasteiger partial charge in [0.25, 0.3) is 0 Å². The second-order valence-corrected chi connectivity index (χ2v) is 10.3. The summed E-state index contributed by atoms with van der Waals surface area (Å²) < 4.78 is 31.3. The lowest BCUT2D eigenvalue weighted by Gasteiger charge is -2.26. The minimum Gasteiger partial charge on any atom is -0.489 e. The molecule has 0 spiro atoms. The molecule has 2 heterocycles. The number of halogens is 1. The van der Waals surface area contributed by atoms with Crippen LogP contribution in [0.2, 0.25) is 0 Å². The molecule has 1 aliphatic rings. The van der Waals surface area contributed by atoms with E-state index in [-0.39, 0.29) is 17.7 Å². The Morgan fingerprint density at radius 1 is 1.02 bits per heavy atom. The third kappa shape index (κ3) is 6.50. The van der Waals surface area contributed by atoms with Crippen molar-refractivity contribution in [1.82, 2.24) is 4.98 Å². The maximum absolute atomic E-state index is 14.3. The van der Waals surface area contributed by atoms with Gasteiger partial charge in [-0.25, -0.2) is 4.39 Å². The molecule has 0 radical (unpaired) electrons. The summed E-state index contributed by atoms with van der Waals surface area (Å²) in [6.07, 6.45) is 3.37. The predicted octanol–water partition coefficient (Wildman–Crippen LogP) is 7.71. The van der Waals surface area contributed by atoms with E-state index in [2.05, 4.69) is 12.1 Å². The Bertz CT molecular complexity index is 1460. The maximum atomic E-state index is 14.3. The molecule has 5 nitrogen and oxygen atoms in total. The lowest BCUT2D eigenvalue weighted by molar-refractivity contribution is -0.143. The first-order valence-electron chi connectivity index (χ1n) is 14.2. The Kier molecular flexibility index (Phi) is 9.07. The fourth-order valence-corrected chi connectivity index (χ4v) is 5.40. The third-order valence-electron chi connectivity index (χ3n) is 7.49. The molecule has 0 amide bonds. The van der Waals surface area contributed by atoms with Crippen molar-refractivity contribution in [2.75, 3.05) is 19.8 Å². The zero-order valence-electron chi connectivity index (χ0n) is 23.3. The van der Waals surface area contributed by atoms with Crippen molar-refractivity contribution in [3.8, 4) is 16.9 Å². The molecule has 0 bridgehead atoms. The van der Waals surface area contributed by atoms with Crippen molar-refractivity contribution >= 4 is 16.7 Å². The molecular weight excluding hydrogens is 505 g/mol. The van der Waals surface area contributed by atoms with E-state index in [0.717, 1.165) is 57.4 Å². The number of hydrogen-bond acceptors (Lipinski definition) is 5. The molecule has 5 rings (SSSR count). The Hall–Kier alpha value is -3.77. The Morgan fingerprint density at radius 2 is 1.82 bits per heavy atom. The van der Waals surface area contributed by atoms with Gasteiger partial charge in [0, 0.05) is 42.2 Å².